The lowest BCUT2D eigenvalue weighted by Gasteiger charge is -2.25. The zero-order valence-electron chi connectivity index (χ0n) is 9.52. The average molecular weight is 286 g/mol. The molecule has 0 amide bonds. The second-order valence-electron chi connectivity index (χ2n) is 4.56. The van der Waals surface area contributed by atoms with Gasteiger partial charge >= 0.3 is 0 Å². The minimum absolute atomic E-state index is 0.188. The predicted molar refractivity (Wildman–Crippen MR) is 69.3 cm³/mol. The van der Waals surface area contributed by atoms with Gasteiger partial charge in [-0.15, -0.1) is 0 Å². The fourth-order valence-electron chi connectivity index (χ4n) is 2.27. The molecule has 1 N–H and O–H groups in total. The van der Waals surface area contributed by atoms with E-state index in [-0.39, 0.29) is 5.82 Å². The number of benzene rings is 1. The van der Waals surface area contributed by atoms with Crippen LogP contribution in [0.1, 0.15) is 37.7 Å². The largest absolute Gasteiger partial charge is 0.382 e. The summed E-state index contributed by atoms with van der Waals surface area (Å²) in [5, 5.41) is 3.52. The van der Waals surface area contributed by atoms with Gasteiger partial charge in [-0.2, -0.15) is 0 Å². The Morgan fingerprint density at radius 1 is 1.25 bits per heavy atom. The van der Waals surface area contributed by atoms with E-state index in [1.165, 1.54) is 32.1 Å². The monoisotopic (exact) mass is 285 g/mol. The van der Waals surface area contributed by atoms with Gasteiger partial charge in [-0.1, -0.05) is 19.3 Å². The highest BCUT2D eigenvalue weighted by Crippen LogP contribution is 2.27. The molecule has 1 aromatic carbocycles. The molecule has 1 aromatic rings. The zero-order valence-corrected chi connectivity index (χ0v) is 11.1. The maximum atomic E-state index is 13.3. The second kappa shape index (κ2) is 5.17. The van der Waals surface area contributed by atoms with Gasteiger partial charge in [-0.3, -0.25) is 0 Å². The van der Waals surface area contributed by atoms with Crippen LogP contribution in [0.25, 0.3) is 0 Å². The van der Waals surface area contributed by atoms with Gasteiger partial charge in [0, 0.05) is 11.7 Å². The van der Waals surface area contributed by atoms with E-state index in [0.717, 1.165) is 11.3 Å². The first-order valence-corrected chi connectivity index (χ1v) is 6.68. The lowest BCUT2D eigenvalue weighted by molar-refractivity contribution is 0.462. The molecule has 0 bridgehead atoms. The van der Waals surface area contributed by atoms with Crippen LogP contribution in [0.4, 0.5) is 10.1 Å². The highest BCUT2D eigenvalue weighted by atomic mass is 79.9. The predicted octanol–water partition coefficient (Wildman–Crippen LogP) is 4.64. The topological polar surface area (TPSA) is 12.0 Å². The first kappa shape index (κ1) is 11.9. The quantitative estimate of drug-likeness (QED) is 0.835. The molecular formula is C13H17BrFN. The Labute approximate surface area is 105 Å². The van der Waals surface area contributed by atoms with Crippen molar-refractivity contribution < 1.29 is 4.39 Å². The van der Waals surface area contributed by atoms with Crippen molar-refractivity contribution in [2.45, 2.75) is 45.1 Å². The van der Waals surface area contributed by atoms with Crippen LogP contribution in [0.15, 0.2) is 16.6 Å². The van der Waals surface area contributed by atoms with Crippen molar-refractivity contribution in [3.05, 3.63) is 28.0 Å². The van der Waals surface area contributed by atoms with Crippen molar-refractivity contribution in [2.75, 3.05) is 5.32 Å². The normalized spacial score (nSPS) is 17.4. The lowest BCUT2D eigenvalue weighted by Crippen LogP contribution is -2.22. The van der Waals surface area contributed by atoms with E-state index in [4.69, 9.17) is 0 Å². The Morgan fingerprint density at radius 3 is 2.62 bits per heavy atom. The molecule has 1 aliphatic carbocycles. The van der Waals surface area contributed by atoms with E-state index >= 15 is 0 Å². The lowest BCUT2D eigenvalue weighted by atomic mass is 9.95. The molecule has 0 saturated heterocycles. The number of halogens is 2. The van der Waals surface area contributed by atoms with E-state index in [2.05, 4.69) is 21.2 Å². The van der Waals surface area contributed by atoms with Crippen LogP contribution in [0.3, 0.4) is 0 Å². The van der Waals surface area contributed by atoms with Gasteiger partial charge in [0.25, 0.3) is 0 Å². The molecule has 1 saturated carbocycles. The molecule has 0 aliphatic heterocycles. The maximum absolute atomic E-state index is 13.3. The van der Waals surface area contributed by atoms with Crippen molar-refractivity contribution in [3.63, 3.8) is 0 Å². The molecule has 0 aromatic heterocycles. The van der Waals surface area contributed by atoms with Crippen LogP contribution >= 0.6 is 15.9 Å². The SMILES string of the molecule is Cc1cc(F)c(Br)cc1NC1CCCCC1. The van der Waals surface area contributed by atoms with E-state index < -0.39 is 0 Å². The van der Waals surface area contributed by atoms with Gasteiger partial charge in [0.1, 0.15) is 5.82 Å². The van der Waals surface area contributed by atoms with E-state index in [1.807, 2.05) is 13.0 Å². The summed E-state index contributed by atoms with van der Waals surface area (Å²) >= 11 is 3.23. The molecule has 0 heterocycles. The molecule has 0 unspecified atom stereocenters. The highest BCUT2D eigenvalue weighted by molar-refractivity contribution is 9.10. The standard InChI is InChI=1S/C13H17BrFN/c1-9-7-12(15)11(14)8-13(9)16-10-5-3-2-4-6-10/h7-8,10,16H,2-6H2,1H3. The molecule has 1 fully saturated rings. The fourth-order valence-corrected chi connectivity index (χ4v) is 2.61. The first-order valence-electron chi connectivity index (χ1n) is 5.89. The molecular weight excluding hydrogens is 269 g/mol. The number of nitrogens with one attached hydrogen (secondary N) is 1. The number of hydrogen-bond donors (Lipinski definition) is 1. The van der Waals surface area contributed by atoms with Gasteiger partial charge in [-0.05, 0) is 53.4 Å². The Bertz CT molecular complexity index is 372. The minimum Gasteiger partial charge on any atom is -0.382 e. The van der Waals surface area contributed by atoms with Gasteiger partial charge in [0.05, 0.1) is 4.47 Å². The average Bonchev–Trinajstić information content (AvgIpc) is 2.27. The number of hydrogen-bond acceptors (Lipinski definition) is 1. The molecule has 88 valence electrons. The molecule has 16 heavy (non-hydrogen) atoms. The summed E-state index contributed by atoms with van der Waals surface area (Å²) < 4.78 is 13.8. The van der Waals surface area contributed by atoms with Crippen molar-refractivity contribution in [1.82, 2.24) is 0 Å². The molecule has 3 heteroatoms. The summed E-state index contributed by atoms with van der Waals surface area (Å²) in [5.74, 6) is -0.188. The van der Waals surface area contributed by atoms with Crippen LogP contribution < -0.4 is 5.32 Å². The van der Waals surface area contributed by atoms with Crippen LogP contribution in [-0.2, 0) is 0 Å². The van der Waals surface area contributed by atoms with Crippen molar-refractivity contribution >= 4 is 21.6 Å². The van der Waals surface area contributed by atoms with Crippen LogP contribution in [0.5, 0.6) is 0 Å². The van der Waals surface area contributed by atoms with Crippen LogP contribution in [0, 0.1) is 12.7 Å². The molecule has 1 nitrogen and oxygen atoms in total. The van der Waals surface area contributed by atoms with E-state index in [0.29, 0.717) is 10.5 Å². The van der Waals surface area contributed by atoms with Crippen LogP contribution in [-0.4, -0.2) is 6.04 Å². The van der Waals surface area contributed by atoms with Gasteiger partial charge in [-0.25, -0.2) is 4.39 Å². The first-order chi connectivity index (χ1) is 7.66. The Kier molecular flexibility index (Phi) is 3.85. The minimum atomic E-state index is -0.188. The Hall–Kier alpha value is -0.570. The summed E-state index contributed by atoms with van der Waals surface area (Å²) in [6, 6.07) is 3.99. The van der Waals surface area contributed by atoms with E-state index in [1.54, 1.807) is 6.07 Å². The van der Waals surface area contributed by atoms with Gasteiger partial charge in [0.15, 0.2) is 0 Å². The van der Waals surface area contributed by atoms with Crippen molar-refractivity contribution in [3.8, 4) is 0 Å². The zero-order chi connectivity index (χ0) is 11.5. The number of aryl methyl sites for hydroxylation is 1. The molecule has 0 spiro atoms. The number of anilines is 1. The van der Waals surface area contributed by atoms with Gasteiger partial charge in [0.2, 0.25) is 0 Å². The third-order valence-electron chi connectivity index (χ3n) is 3.23. The third-order valence-corrected chi connectivity index (χ3v) is 3.84. The molecule has 0 atom stereocenters. The summed E-state index contributed by atoms with van der Waals surface area (Å²) in [6.45, 7) is 1.95. The van der Waals surface area contributed by atoms with E-state index in [9.17, 15) is 4.39 Å². The summed E-state index contributed by atoms with van der Waals surface area (Å²) in [7, 11) is 0. The van der Waals surface area contributed by atoms with Crippen molar-refractivity contribution in [1.29, 1.82) is 0 Å². The molecule has 1 aliphatic rings. The smallest absolute Gasteiger partial charge is 0.137 e. The van der Waals surface area contributed by atoms with Crippen molar-refractivity contribution in [2.24, 2.45) is 0 Å². The number of rotatable bonds is 2. The third kappa shape index (κ3) is 2.76. The maximum Gasteiger partial charge on any atom is 0.137 e. The van der Waals surface area contributed by atoms with Crippen LogP contribution in [0.2, 0.25) is 0 Å². The Morgan fingerprint density at radius 2 is 1.94 bits per heavy atom. The Balaban J connectivity index is 2.11. The van der Waals surface area contributed by atoms with Gasteiger partial charge < -0.3 is 5.32 Å². The molecule has 2 rings (SSSR count). The summed E-state index contributed by atoms with van der Waals surface area (Å²) in [5.41, 5.74) is 2.03. The highest BCUT2D eigenvalue weighted by Gasteiger charge is 2.14. The summed E-state index contributed by atoms with van der Waals surface area (Å²) in [4.78, 5) is 0. The fraction of sp³-hybridized carbons (Fsp3) is 0.538. The summed E-state index contributed by atoms with van der Waals surface area (Å²) in [6.07, 6.45) is 6.42. The second-order valence-corrected chi connectivity index (χ2v) is 5.41. The molecule has 0 radical (unpaired) electrons.